The number of benzene rings is 2. The minimum absolute atomic E-state index is 0.0973. The summed E-state index contributed by atoms with van der Waals surface area (Å²) < 4.78 is 32.7. The highest BCUT2D eigenvalue weighted by Gasteiger charge is 2.47. The van der Waals surface area contributed by atoms with Gasteiger partial charge in [0.1, 0.15) is 65.2 Å². The van der Waals surface area contributed by atoms with Crippen LogP contribution in [0.2, 0.25) is 0 Å². The molecule has 0 radical (unpaired) electrons. The summed E-state index contributed by atoms with van der Waals surface area (Å²) in [4.78, 5) is 12.9. The van der Waals surface area contributed by atoms with E-state index in [1.165, 1.54) is 32.2 Å². The number of aliphatic hydroxyl groups is 6. The topological polar surface area (TPSA) is 258 Å². The largest absolute Gasteiger partial charge is 0.507 e. The fraction of sp³-hybridized carbons (Fsp3) is 0.464. The molecule has 240 valence electrons. The summed E-state index contributed by atoms with van der Waals surface area (Å²) >= 11 is 0. The number of hydrogen-bond acceptors (Lipinski definition) is 16. The smallest absolute Gasteiger partial charge is 0.238 e. The van der Waals surface area contributed by atoms with Crippen molar-refractivity contribution >= 4 is 11.0 Å². The Bertz CT molecular complexity index is 1560. The molecule has 2 aromatic carbocycles. The third kappa shape index (κ3) is 5.74. The summed E-state index contributed by atoms with van der Waals surface area (Å²) in [5.74, 6) is -2.27. The number of ether oxygens (including phenoxy) is 5. The zero-order chi connectivity index (χ0) is 32.0. The Balaban J connectivity index is 1.39. The molecular formula is C28H32O16. The Kier molecular flexibility index (Phi) is 8.90. The first-order valence-corrected chi connectivity index (χ1v) is 13.4. The Labute approximate surface area is 248 Å². The molecule has 2 fully saturated rings. The van der Waals surface area contributed by atoms with E-state index in [-0.39, 0.29) is 34.2 Å². The van der Waals surface area contributed by atoms with Crippen molar-refractivity contribution in [2.45, 2.75) is 68.3 Å². The number of methoxy groups -OCH3 is 1. The lowest BCUT2D eigenvalue weighted by atomic mass is 9.98. The van der Waals surface area contributed by atoms with E-state index in [1.54, 1.807) is 0 Å². The van der Waals surface area contributed by atoms with Gasteiger partial charge >= 0.3 is 0 Å². The molecule has 2 saturated heterocycles. The van der Waals surface area contributed by atoms with Crippen LogP contribution in [-0.2, 0) is 14.2 Å². The minimum atomic E-state index is -1.82. The number of aliphatic hydroxyl groups excluding tert-OH is 6. The summed E-state index contributed by atoms with van der Waals surface area (Å²) in [6.45, 7) is 0.912. The SMILES string of the molecule is COc1ccc(-c2oc3cc(OC4O[C@H](CO[C@@H]5O[C@@H](C)[C@H](O)[C@@H](O)[C@H]5O)[C@@H](O)[C@H](O)[C@H]4O)cc(O)c3c(=O)c2O)cc1O. The van der Waals surface area contributed by atoms with Gasteiger partial charge in [-0.3, -0.25) is 4.79 Å². The molecule has 0 aliphatic carbocycles. The Morgan fingerprint density at radius 3 is 2.16 bits per heavy atom. The average Bonchev–Trinajstić information content (AvgIpc) is 2.99. The van der Waals surface area contributed by atoms with Gasteiger partial charge in [0.05, 0.1) is 19.8 Å². The van der Waals surface area contributed by atoms with Crippen LogP contribution < -0.4 is 14.9 Å². The number of aromatic hydroxyl groups is 3. The molecule has 9 N–H and O–H groups in total. The maximum Gasteiger partial charge on any atom is 0.238 e. The third-order valence-electron chi connectivity index (χ3n) is 7.52. The van der Waals surface area contributed by atoms with E-state index < -0.39 is 90.3 Å². The van der Waals surface area contributed by atoms with Gasteiger partial charge in [-0.2, -0.15) is 0 Å². The lowest BCUT2D eigenvalue weighted by Crippen LogP contribution is -2.61. The van der Waals surface area contributed by atoms with E-state index >= 15 is 0 Å². The molecule has 1 unspecified atom stereocenters. The molecule has 0 spiro atoms. The van der Waals surface area contributed by atoms with Crippen molar-refractivity contribution in [1.82, 2.24) is 0 Å². The molecule has 10 atom stereocenters. The van der Waals surface area contributed by atoms with Crippen LogP contribution in [0.1, 0.15) is 6.92 Å². The van der Waals surface area contributed by atoms with Crippen LogP contribution in [0.3, 0.4) is 0 Å². The van der Waals surface area contributed by atoms with Crippen molar-refractivity contribution in [3.63, 3.8) is 0 Å². The third-order valence-corrected chi connectivity index (χ3v) is 7.52. The molecule has 0 bridgehead atoms. The number of rotatable bonds is 7. The monoisotopic (exact) mass is 624 g/mol. The Hall–Kier alpha value is -3.71. The lowest BCUT2D eigenvalue weighted by molar-refractivity contribution is -0.318. The van der Waals surface area contributed by atoms with Gasteiger partial charge < -0.3 is 74.1 Å². The fourth-order valence-electron chi connectivity index (χ4n) is 4.99. The zero-order valence-electron chi connectivity index (χ0n) is 23.3. The molecular weight excluding hydrogens is 592 g/mol. The van der Waals surface area contributed by atoms with Crippen LogP contribution in [0, 0.1) is 0 Å². The van der Waals surface area contributed by atoms with E-state index in [1.807, 2.05) is 0 Å². The summed E-state index contributed by atoms with van der Waals surface area (Å²) in [5, 5.41) is 92.3. The summed E-state index contributed by atoms with van der Waals surface area (Å²) in [6, 6.07) is 6.08. The molecule has 0 amide bonds. The predicted octanol–water partition coefficient (Wildman–Crippen LogP) is -1.38. The first kappa shape index (κ1) is 31.7. The molecule has 44 heavy (non-hydrogen) atoms. The van der Waals surface area contributed by atoms with Gasteiger partial charge in [0.15, 0.2) is 23.5 Å². The van der Waals surface area contributed by atoms with Crippen LogP contribution in [-0.4, -0.2) is 121 Å². The van der Waals surface area contributed by atoms with Gasteiger partial charge in [-0.15, -0.1) is 0 Å². The lowest BCUT2D eigenvalue weighted by Gasteiger charge is -2.42. The minimum Gasteiger partial charge on any atom is -0.507 e. The first-order chi connectivity index (χ1) is 20.8. The second-order valence-electron chi connectivity index (χ2n) is 10.5. The van der Waals surface area contributed by atoms with Crippen molar-refractivity contribution < 1.29 is 74.1 Å². The van der Waals surface area contributed by atoms with E-state index in [0.717, 1.165) is 12.1 Å². The van der Waals surface area contributed by atoms with Crippen LogP contribution in [0.4, 0.5) is 0 Å². The fourth-order valence-corrected chi connectivity index (χ4v) is 4.99. The Morgan fingerprint density at radius 1 is 0.795 bits per heavy atom. The van der Waals surface area contributed by atoms with E-state index in [9.17, 15) is 50.8 Å². The molecule has 16 heteroatoms. The standard InChI is InChI=1S/C28H32O16/c1-9-18(31)21(34)24(37)27(41-9)40-8-16-19(32)22(35)25(38)28(44-16)42-11-6-13(30)17-15(7-11)43-26(23(36)20(17)33)10-3-4-14(39-2)12(29)5-10/h3-7,9,16,18-19,21-22,24-25,27-32,34-38H,8H2,1-2H3/t9-,16+,18-,19+,21+,22-,24+,25+,27+,28?/m0/s1. The van der Waals surface area contributed by atoms with Crippen molar-refractivity contribution in [3.8, 4) is 40.1 Å². The molecule has 0 saturated carbocycles. The molecule has 1 aromatic heterocycles. The van der Waals surface area contributed by atoms with E-state index in [0.29, 0.717) is 0 Å². The van der Waals surface area contributed by atoms with Crippen LogP contribution in [0.25, 0.3) is 22.3 Å². The maximum absolute atomic E-state index is 12.9. The van der Waals surface area contributed by atoms with Gasteiger partial charge in [-0.25, -0.2) is 0 Å². The van der Waals surface area contributed by atoms with Crippen LogP contribution in [0.15, 0.2) is 39.5 Å². The van der Waals surface area contributed by atoms with Crippen LogP contribution >= 0.6 is 0 Å². The van der Waals surface area contributed by atoms with Crippen molar-refractivity contribution in [2.75, 3.05) is 13.7 Å². The van der Waals surface area contributed by atoms with E-state index in [2.05, 4.69) is 0 Å². The van der Waals surface area contributed by atoms with Crippen molar-refractivity contribution in [3.05, 3.63) is 40.6 Å². The molecule has 2 aliphatic rings. The Morgan fingerprint density at radius 2 is 1.48 bits per heavy atom. The highest BCUT2D eigenvalue weighted by atomic mass is 16.7. The zero-order valence-corrected chi connectivity index (χ0v) is 23.3. The van der Waals surface area contributed by atoms with Gasteiger partial charge in [0.2, 0.25) is 17.5 Å². The van der Waals surface area contributed by atoms with Crippen molar-refractivity contribution in [2.24, 2.45) is 0 Å². The molecule has 2 aliphatic heterocycles. The van der Waals surface area contributed by atoms with Crippen LogP contribution in [0.5, 0.6) is 28.7 Å². The quantitative estimate of drug-likeness (QED) is 0.147. The molecule has 3 heterocycles. The van der Waals surface area contributed by atoms with E-state index in [4.69, 9.17) is 28.1 Å². The van der Waals surface area contributed by atoms with Gasteiger partial charge in [-0.1, -0.05) is 0 Å². The summed E-state index contributed by atoms with van der Waals surface area (Å²) in [7, 11) is 1.34. The maximum atomic E-state index is 12.9. The molecule has 16 nitrogen and oxygen atoms in total. The molecule has 3 aromatic rings. The predicted molar refractivity (Wildman–Crippen MR) is 145 cm³/mol. The molecule has 5 rings (SSSR count). The second kappa shape index (κ2) is 12.4. The first-order valence-electron chi connectivity index (χ1n) is 13.4. The number of phenols is 2. The average molecular weight is 625 g/mol. The highest BCUT2D eigenvalue weighted by molar-refractivity contribution is 5.88. The van der Waals surface area contributed by atoms with Gasteiger partial charge in [0.25, 0.3) is 0 Å². The van der Waals surface area contributed by atoms with Gasteiger partial charge in [-0.05, 0) is 25.1 Å². The number of hydrogen-bond donors (Lipinski definition) is 9. The second-order valence-corrected chi connectivity index (χ2v) is 10.5. The summed E-state index contributed by atoms with van der Waals surface area (Å²) in [5.41, 5.74) is -1.17. The van der Waals surface area contributed by atoms with Gasteiger partial charge in [0, 0.05) is 17.7 Å². The van der Waals surface area contributed by atoms with Crippen molar-refractivity contribution in [1.29, 1.82) is 0 Å². The normalized spacial score (nSPS) is 32.5. The number of fused-ring (bicyclic) bond motifs is 1. The number of phenolic OH excluding ortho intramolecular Hbond substituents is 2. The summed E-state index contributed by atoms with van der Waals surface area (Å²) in [6.07, 6.45) is -15.3. The highest BCUT2D eigenvalue weighted by Crippen LogP contribution is 2.39.